The molecule has 1 rings (SSSR count). The second kappa shape index (κ2) is 4.39. The molecular formula is C9H8BrF2N3. The number of nitrogen functional groups attached to an aromatic ring is 1. The molecule has 0 aliphatic heterocycles. The van der Waals surface area contributed by atoms with Gasteiger partial charge in [-0.15, -0.1) is 0 Å². The molecule has 0 heterocycles. The fraction of sp³-hybridized carbons (Fsp3) is 0. The summed E-state index contributed by atoms with van der Waals surface area (Å²) in [5.74, 6) is -1.67. The summed E-state index contributed by atoms with van der Waals surface area (Å²) >= 11 is 2.74. The zero-order chi connectivity index (χ0) is 11.6. The number of nitrogens with two attached hydrogens (primary N) is 2. The molecule has 5 N–H and O–H groups in total. The second-order valence-electron chi connectivity index (χ2n) is 2.74. The predicted molar refractivity (Wildman–Crippen MR) is 59.4 cm³/mol. The van der Waals surface area contributed by atoms with E-state index in [9.17, 15) is 8.78 Å². The van der Waals surface area contributed by atoms with Gasteiger partial charge >= 0.3 is 0 Å². The molecular weight excluding hydrogens is 268 g/mol. The molecule has 0 bridgehead atoms. The Morgan fingerprint density at radius 2 is 2.07 bits per heavy atom. The Labute approximate surface area is 93.4 Å². The van der Waals surface area contributed by atoms with E-state index < -0.39 is 11.6 Å². The average Bonchev–Trinajstić information content (AvgIpc) is 2.15. The molecule has 0 amide bonds. The maximum Gasteiger partial charge on any atom is 0.151 e. The van der Waals surface area contributed by atoms with Crippen molar-refractivity contribution in [2.45, 2.75) is 0 Å². The summed E-state index contributed by atoms with van der Waals surface area (Å²) in [6.45, 7) is 0. The number of allylic oxidation sites excluding steroid dienone is 1. The van der Waals surface area contributed by atoms with E-state index in [4.69, 9.17) is 16.9 Å². The van der Waals surface area contributed by atoms with E-state index in [0.29, 0.717) is 0 Å². The fourth-order valence-electron chi connectivity index (χ4n) is 1.08. The van der Waals surface area contributed by atoms with Crippen molar-refractivity contribution in [1.29, 1.82) is 5.41 Å². The summed E-state index contributed by atoms with van der Waals surface area (Å²) in [6.07, 6.45) is 2.06. The van der Waals surface area contributed by atoms with Crippen LogP contribution in [0, 0.1) is 17.0 Å². The van der Waals surface area contributed by atoms with Gasteiger partial charge in [0.25, 0.3) is 0 Å². The first-order valence-corrected chi connectivity index (χ1v) is 4.68. The lowest BCUT2D eigenvalue weighted by Crippen LogP contribution is -2.06. The van der Waals surface area contributed by atoms with Gasteiger partial charge in [0.1, 0.15) is 5.82 Å². The summed E-state index contributed by atoms with van der Waals surface area (Å²) < 4.78 is 26.2. The molecule has 0 aromatic heterocycles. The number of nitrogens with one attached hydrogen (secondary N) is 1. The van der Waals surface area contributed by atoms with E-state index >= 15 is 0 Å². The highest BCUT2D eigenvalue weighted by atomic mass is 79.9. The quantitative estimate of drug-likeness (QED) is 0.440. The average molecular weight is 276 g/mol. The van der Waals surface area contributed by atoms with Crippen LogP contribution in [0.5, 0.6) is 0 Å². The van der Waals surface area contributed by atoms with Crippen molar-refractivity contribution in [3.05, 3.63) is 33.8 Å². The van der Waals surface area contributed by atoms with Crippen molar-refractivity contribution >= 4 is 33.5 Å². The lowest BCUT2D eigenvalue weighted by atomic mass is 10.1. The Balaban J connectivity index is 3.49. The van der Waals surface area contributed by atoms with E-state index in [0.717, 1.165) is 12.3 Å². The monoisotopic (exact) mass is 275 g/mol. The largest absolute Gasteiger partial charge is 0.398 e. The van der Waals surface area contributed by atoms with Crippen molar-refractivity contribution in [2.75, 3.05) is 5.73 Å². The smallest absolute Gasteiger partial charge is 0.151 e. The molecule has 0 radical (unpaired) electrons. The molecule has 0 spiro atoms. The molecule has 15 heavy (non-hydrogen) atoms. The highest BCUT2D eigenvalue weighted by Crippen LogP contribution is 2.30. The zero-order valence-electron chi connectivity index (χ0n) is 7.52. The minimum Gasteiger partial charge on any atom is -0.398 e. The van der Waals surface area contributed by atoms with Crippen molar-refractivity contribution in [2.24, 2.45) is 5.73 Å². The molecule has 1 aromatic rings. The maximum atomic E-state index is 13.5. The Bertz CT molecular complexity index is 443. The molecule has 80 valence electrons. The number of hydrogen-bond donors (Lipinski definition) is 3. The third kappa shape index (κ3) is 2.15. The first-order chi connectivity index (χ1) is 6.99. The van der Waals surface area contributed by atoms with Crippen molar-refractivity contribution < 1.29 is 8.78 Å². The number of halogens is 3. The third-order valence-electron chi connectivity index (χ3n) is 1.74. The van der Waals surface area contributed by atoms with Gasteiger partial charge in [0.15, 0.2) is 5.82 Å². The van der Waals surface area contributed by atoms with Crippen LogP contribution in [-0.2, 0) is 0 Å². The summed E-state index contributed by atoms with van der Waals surface area (Å²) in [6, 6.07) is 0.965. The number of anilines is 1. The zero-order valence-corrected chi connectivity index (χ0v) is 9.11. The topological polar surface area (TPSA) is 75.9 Å². The first-order valence-electron chi connectivity index (χ1n) is 3.88. The lowest BCUT2D eigenvalue weighted by molar-refractivity contribution is 0.570. The van der Waals surface area contributed by atoms with Crippen LogP contribution < -0.4 is 11.5 Å². The molecule has 0 atom stereocenters. The van der Waals surface area contributed by atoms with E-state index in [1.54, 1.807) is 0 Å². The van der Waals surface area contributed by atoms with Crippen LogP contribution in [0.1, 0.15) is 5.56 Å². The van der Waals surface area contributed by atoms with Gasteiger partial charge in [-0.1, -0.05) is 0 Å². The Kier molecular flexibility index (Phi) is 3.41. The van der Waals surface area contributed by atoms with Crippen LogP contribution >= 0.6 is 15.9 Å². The van der Waals surface area contributed by atoms with E-state index in [-0.39, 0.29) is 21.4 Å². The Morgan fingerprint density at radius 3 is 2.60 bits per heavy atom. The summed E-state index contributed by atoms with van der Waals surface area (Å²) in [7, 11) is 0. The van der Waals surface area contributed by atoms with E-state index in [2.05, 4.69) is 15.9 Å². The molecule has 0 saturated carbocycles. The van der Waals surface area contributed by atoms with Gasteiger partial charge in [-0.2, -0.15) is 0 Å². The van der Waals surface area contributed by atoms with Crippen LogP contribution in [0.2, 0.25) is 0 Å². The normalized spacial score (nSPS) is 11.5. The van der Waals surface area contributed by atoms with Crippen molar-refractivity contribution in [3.8, 4) is 0 Å². The van der Waals surface area contributed by atoms with Crippen molar-refractivity contribution in [3.63, 3.8) is 0 Å². The summed E-state index contributed by atoms with van der Waals surface area (Å²) in [5.41, 5.74) is 10.7. The van der Waals surface area contributed by atoms with Gasteiger partial charge in [0.05, 0.1) is 10.0 Å². The fourth-order valence-corrected chi connectivity index (χ4v) is 1.39. The molecule has 6 heteroatoms. The Morgan fingerprint density at radius 1 is 1.47 bits per heavy atom. The number of hydrogen-bond acceptors (Lipinski definition) is 3. The summed E-state index contributed by atoms with van der Waals surface area (Å²) in [4.78, 5) is 0. The van der Waals surface area contributed by atoms with E-state index in [1.807, 2.05) is 0 Å². The Hall–Kier alpha value is -1.43. The molecule has 3 nitrogen and oxygen atoms in total. The van der Waals surface area contributed by atoms with Crippen LogP contribution in [0.3, 0.4) is 0 Å². The number of benzene rings is 1. The molecule has 0 aliphatic carbocycles. The molecule has 1 aromatic carbocycles. The summed E-state index contributed by atoms with van der Waals surface area (Å²) in [5, 5.41) is 6.79. The minimum atomic E-state index is -0.872. The van der Waals surface area contributed by atoms with Gasteiger partial charge in [-0.3, -0.25) is 0 Å². The molecule has 0 aliphatic rings. The molecule has 0 fully saturated rings. The van der Waals surface area contributed by atoms with Gasteiger partial charge in [0, 0.05) is 17.6 Å². The van der Waals surface area contributed by atoms with E-state index in [1.165, 1.54) is 6.08 Å². The van der Waals surface area contributed by atoms with Crippen LogP contribution in [-0.4, -0.2) is 6.21 Å². The van der Waals surface area contributed by atoms with Gasteiger partial charge in [-0.25, -0.2) is 8.78 Å². The highest BCUT2D eigenvalue weighted by molar-refractivity contribution is 9.10. The number of rotatable bonds is 2. The SMILES string of the molecule is N=C/C=C(\N)c1c(N)cc(F)c(Br)c1F. The predicted octanol–water partition coefficient (Wildman–Crippen LogP) is 2.26. The van der Waals surface area contributed by atoms with Crippen molar-refractivity contribution in [1.82, 2.24) is 0 Å². The third-order valence-corrected chi connectivity index (χ3v) is 2.47. The maximum absolute atomic E-state index is 13.5. The van der Waals surface area contributed by atoms with Crippen LogP contribution in [0.15, 0.2) is 16.6 Å². The first kappa shape index (κ1) is 11.6. The molecule has 0 unspecified atom stereocenters. The van der Waals surface area contributed by atoms with Gasteiger partial charge in [0.2, 0.25) is 0 Å². The van der Waals surface area contributed by atoms with Crippen LogP contribution in [0.25, 0.3) is 5.70 Å². The molecule has 0 saturated heterocycles. The second-order valence-corrected chi connectivity index (χ2v) is 3.53. The minimum absolute atomic E-state index is 0.0271. The van der Waals surface area contributed by atoms with Gasteiger partial charge < -0.3 is 16.9 Å². The van der Waals surface area contributed by atoms with Gasteiger partial charge in [-0.05, 0) is 28.1 Å². The highest BCUT2D eigenvalue weighted by Gasteiger charge is 2.16. The van der Waals surface area contributed by atoms with Crippen LogP contribution in [0.4, 0.5) is 14.5 Å². The lowest BCUT2D eigenvalue weighted by Gasteiger charge is -2.09. The standard InChI is InChI=1S/C9H8BrF2N3/c10-8-4(11)3-6(15)7(9(8)12)5(14)1-2-13/h1-3,13H,14-15H2/b5-1-,13-2?.